The van der Waals surface area contributed by atoms with Gasteiger partial charge in [0.25, 0.3) is 0 Å². The summed E-state index contributed by atoms with van der Waals surface area (Å²) in [5.74, 6) is 2.43. The Morgan fingerprint density at radius 3 is 2.80 bits per heavy atom. The maximum Gasteiger partial charge on any atom is 0.191 e. The summed E-state index contributed by atoms with van der Waals surface area (Å²) in [5, 5.41) is 6.63. The zero-order valence-electron chi connectivity index (χ0n) is 14.8. The van der Waals surface area contributed by atoms with Crippen molar-refractivity contribution in [2.24, 2.45) is 10.9 Å². The van der Waals surface area contributed by atoms with Crippen molar-refractivity contribution in [3.05, 3.63) is 24.2 Å². The van der Waals surface area contributed by atoms with Crippen molar-refractivity contribution in [1.29, 1.82) is 0 Å². The molecule has 2 unspecified atom stereocenters. The molecule has 0 bridgehead atoms. The predicted octanol–water partition coefficient (Wildman–Crippen LogP) is 1.02. The lowest BCUT2D eigenvalue weighted by atomic mass is 10.1. The van der Waals surface area contributed by atoms with Gasteiger partial charge in [0.15, 0.2) is 15.8 Å². The van der Waals surface area contributed by atoms with Crippen LogP contribution in [0.2, 0.25) is 0 Å². The number of rotatable bonds is 6. The van der Waals surface area contributed by atoms with E-state index in [1.165, 1.54) is 12.8 Å². The average Bonchev–Trinajstić information content (AvgIpc) is 3.33. The second-order valence-corrected chi connectivity index (χ2v) is 9.11. The van der Waals surface area contributed by atoms with Crippen molar-refractivity contribution in [2.45, 2.75) is 25.3 Å². The molecule has 2 atom stereocenters. The van der Waals surface area contributed by atoms with Crippen LogP contribution >= 0.6 is 0 Å². The zero-order chi connectivity index (χ0) is 17.7. The van der Waals surface area contributed by atoms with E-state index in [4.69, 9.17) is 4.42 Å². The summed E-state index contributed by atoms with van der Waals surface area (Å²) in [4.78, 5) is 6.69. The molecule has 0 saturated carbocycles. The topological polar surface area (TPSA) is 86.9 Å². The molecule has 2 aliphatic heterocycles. The van der Waals surface area contributed by atoms with Gasteiger partial charge in [-0.2, -0.15) is 0 Å². The maximum atomic E-state index is 11.6. The number of sulfone groups is 1. The number of nitrogens with zero attached hydrogens (tertiary/aromatic N) is 2. The Balaban J connectivity index is 1.52. The van der Waals surface area contributed by atoms with E-state index in [-0.39, 0.29) is 17.7 Å². The summed E-state index contributed by atoms with van der Waals surface area (Å²) in [6.45, 7) is 3.50. The molecule has 0 amide bonds. The summed E-state index contributed by atoms with van der Waals surface area (Å²) in [5.41, 5.74) is 0. The van der Waals surface area contributed by atoms with Gasteiger partial charge >= 0.3 is 0 Å². The average molecular weight is 369 g/mol. The number of guanidine groups is 1. The molecule has 0 aromatic carbocycles. The van der Waals surface area contributed by atoms with Crippen molar-refractivity contribution in [1.82, 2.24) is 15.5 Å². The van der Waals surface area contributed by atoms with Crippen molar-refractivity contribution >= 4 is 15.8 Å². The molecule has 7 nitrogen and oxygen atoms in total. The number of hydrogen-bond donors (Lipinski definition) is 2. The number of likely N-dealkylation sites (tertiary alicyclic amines) is 1. The molecule has 2 fully saturated rings. The molecule has 0 spiro atoms. The van der Waals surface area contributed by atoms with E-state index < -0.39 is 9.84 Å². The quantitative estimate of drug-likeness (QED) is 0.576. The van der Waals surface area contributed by atoms with E-state index in [9.17, 15) is 8.42 Å². The van der Waals surface area contributed by atoms with Gasteiger partial charge in [0.1, 0.15) is 5.76 Å². The van der Waals surface area contributed by atoms with Crippen LogP contribution in [0.25, 0.3) is 0 Å². The van der Waals surface area contributed by atoms with Crippen molar-refractivity contribution in [2.75, 3.05) is 44.7 Å². The summed E-state index contributed by atoms with van der Waals surface area (Å²) in [7, 11) is -1.10. The van der Waals surface area contributed by atoms with E-state index in [1.807, 2.05) is 12.1 Å². The molecule has 3 rings (SSSR count). The number of aliphatic imine (C=N–C) groups is 1. The number of nitrogens with one attached hydrogen (secondary N) is 2. The van der Waals surface area contributed by atoms with Crippen LogP contribution in [0.15, 0.2) is 27.8 Å². The van der Waals surface area contributed by atoms with Crippen LogP contribution in [-0.2, 0) is 9.84 Å². The van der Waals surface area contributed by atoms with Crippen LogP contribution in [0.4, 0.5) is 0 Å². The zero-order valence-corrected chi connectivity index (χ0v) is 15.6. The standard InChI is InChI=1S/C17H28N4O3S/c1-18-17(19-11-14-6-10-25(22,23)13-14)20-12-15(16-5-4-9-24-16)21-7-2-3-8-21/h4-5,9,14-15H,2-3,6-8,10-13H2,1H3,(H2,18,19,20). The monoisotopic (exact) mass is 368 g/mol. The molecule has 8 heteroatoms. The van der Waals surface area contributed by atoms with Gasteiger partial charge in [-0.25, -0.2) is 8.42 Å². The second kappa shape index (κ2) is 8.23. The molecule has 2 N–H and O–H groups in total. The van der Waals surface area contributed by atoms with Gasteiger partial charge in [0.05, 0.1) is 23.8 Å². The lowest BCUT2D eigenvalue weighted by Crippen LogP contribution is -2.44. The highest BCUT2D eigenvalue weighted by Crippen LogP contribution is 2.24. The van der Waals surface area contributed by atoms with E-state index >= 15 is 0 Å². The predicted molar refractivity (Wildman–Crippen MR) is 98.4 cm³/mol. The third-order valence-electron chi connectivity index (χ3n) is 5.02. The van der Waals surface area contributed by atoms with E-state index in [0.29, 0.717) is 24.8 Å². The third-order valence-corrected chi connectivity index (χ3v) is 6.86. The summed E-state index contributed by atoms with van der Waals surface area (Å²) in [6.07, 6.45) is 4.89. The molecule has 0 radical (unpaired) electrons. The Bertz CT molecular complexity index is 666. The fourth-order valence-corrected chi connectivity index (χ4v) is 5.49. The molecule has 0 aliphatic carbocycles. The molecule has 2 saturated heterocycles. The van der Waals surface area contributed by atoms with Crippen LogP contribution in [0, 0.1) is 5.92 Å². The first kappa shape index (κ1) is 18.3. The second-order valence-electron chi connectivity index (χ2n) is 6.88. The van der Waals surface area contributed by atoms with Crippen molar-refractivity contribution in [3.63, 3.8) is 0 Å². The highest BCUT2D eigenvalue weighted by Gasteiger charge is 2.28. The summed E-state index contributed by atoms with van der Waals surface area (Å²) >= 11 is 0. The minimum absolute atomic E-state index is 0.169. The molecule has 140 valence electrons. The van der Waals surface area contributed by atoms with Gasteiger partial charge in [0, 0.05) is 20.1 Å². The van der Waals surface area contributed by atoms with Gasteiger partial charge in [-0.3, -0.25) is 9.89 Å². The fraction of sp³-hybridized carbons (Fsp3) is 0.706. The Labute approximate surface area is 149 Å². The lowest BCUT2D eigenvalue weighted by molar-refractivity contribution is 0.215. The Kier molecular flexibility index (Phi) is 6.01. The van der Waals surface area contributed by atoms with Crippen LogP contribution in [0.5, 0.6) is 0 Å². The highest BCUT2D eigenvalue weighted by molar-refractivity contribution is 7.91. The van der Waals surface area contributed by atoms with E-state index in [0.717, 1.165) is 25.3 Å². The minimum atomic E-state index is -2.84. The van der Waals surface area contributed by atoms with Crippen LogP contribution < -0.4 is 10.6 Å². The van der Waals surface area contributed by atoms with Crippen LogP contribution in [0.3, 0.4) is 0 Å². The van der Waals surface area contributed by atoms with Gasteiger partial charge < -0.3 is 15.1 Å². The molecule has 1 aromatic rings. The van der Waals surface area contributed by atoms with E-state index in [2.05, 4.69) is 20.5 Å². The first-order chi connectivity index (χ1) is 12.1. The first-order valence-corrected chi connectivity index (χ1v) is 10.8. The molecule has 2 aliphatic rings. The summed E-state index contributed by atoms with van der Waals surface area (Å²) in [6, 6.07) is 4.12. The first-order valence-electron chi connectivity index (χ1n) is 9.00. The van der Waals surface area contributed by atoms with Gasteiger partial charge in [-0.05, 0) is 50.4 Å². The smallest absolute Gasteiger partial charge is 0.191 e. The largest absolute Gasteiger partial charge is 0.468 e. The molecular formula is C17H28N4O3S. The lowest BCUT2D eigenvalue weighted by Gasteiger charge is -2.27. The Morgan fingerprint density at radius 2 is 2.20 bits per heavy atom. The van der Waals surface area contributed by atoms with Gasteiger partial charge in [-0.1, -0.05) is 0 Å². The van der Waals surface area contributed by atoms with Crippen molar-refractivity contribution in [3.8, 4) is 0 Å². The maximum absolute atomic E-state index is 11.6. The van der Waals surface area contributed by atoms with E-state index in [1.54, 1.807) is 13.3 Å². The van der Waals surface area contributed by atoms with Gasteiger partial charge in [-0.15, -0.1) is 0 Å². The van der Waals surface area contributed by atoms with Crippen molar-refractivity contribution < 1.29 is 12.8 Å². The molecule has 1 aromatic heterocycles. The summed E-state index contributed by atoms with van der Waals surface area (Å²) < 4.78 is 28.7. The number of furan rings is 1. The third kappa shape index (κ3) is 4.98. The Morgan fingerprint density at radius 1 is 1.40 bits per heavy atom. The normalized spacial score (nSPS) is 25.2. The van der Waals surface area contributed by atoms with Crippen LogP contribution in [-0.4, -0.2) is 64.0 Å². The fourth-order valence-electron chi connectivity index (χ4n) is 3.63. The SMILES string of the molecule is CN=C(NCC1CCS(=O)(=O)C1)NCC(c1ccco1)N1CCCC1. The molecule has 25 heavy (non-hydrogen) atoms. The number of hydrogen-bond acceptors (Lipinski definition) is 5. The Hall–Kier alpha value is -1.54. The highest BCUT2D eigenvalue weighted by atomic mass is 32.2. The van der Waals surface area contributed by atoms with Gasteiger partial charge in [0.2, 0.25) is 0 Å². The van der Waals surface area contributed by atoms with Crippen LogP contribution in [0.1, 0.15) is 31.1 Å². The minimum Gasteiger partial charge on any atom is -0.468 e. The molecule has 3 heterocycles. The molecular weight excluding hydrogens is 340 g/mol.